The lowest BCUT2D eigenvalue weighted by atomic mass is 10.0. The van der Waals surface area contributed by atoms with Gasteiger partial charge in [0.1, 0.15) is 5.75 Å². The van der Waals surface area contributed by atoms with Crippen molar-refractivity contribution in [3.63, 3.8) is 0 Å². The van der Waals surface area contributed by atoms with Gasteiger partial charge in [0.2, 0.25) is 5.91 Å². The monoisotopic (exact) mass is 236 g/mol. The largest absolute Gasteiger partial charge is 0.497 e. The highest BCUT2D eigenvalue weighted by Gasteiger charge is 2.17. The van der Waals surface area contributed by atoms with E-state index in [0.29, 0.717) is 5.75 Å². The number of hydrogen-bond donors (Lipinski definition) is 2. The molecule has 1 amide bonds. The van der Waals surface area contributed by atoms with Gasteiger partial charge in [-0.25, -0.2) is 0 Å². The molecule has 0 fully saturated rings. The Morgan fingerprint density at radius 1 is 1.41 bits per heavy atom. The highest BCUT2D eigenvalue weighted by molar-refractivity contribution is 5.95. The van der Waals surface area contributed by atoms with Crippen LogP contribution in [0.4, 0.5) is 5.69 Å². The van der Waals surface area contributed by atoms with Gasteiger partial charge < -0.3 is 15.8 Å². The molecule has 1 atom stereocenters. The molecule has 1 aromatic carbocycles. The summed E-state index contributed by atoms with van der Waals surface area (Å²) in [7, 11) is 1.59. The van der Waals surface area contributed by atoms with Crippen LogP contribution < -0.4 is 15.8 Å². The predicted molar refractivity (Wildman–Crippen MR) is 69.2 cm³/mol. The third kappa shape index (κ3) is 3.46. The molecule has 0 aliphatic rings. The van der Waals surface area contributed by atoms with Crippen LogP contribution in [0.15, 0.2) is 18.2 Å². The van der Waals surface area contributed by atoms with Gasteiger partial charge in [-0.1, -0.05) is 19.9 Å². The Morgan fingerprint density at radius 3 is 2.59 bits per heavy atom. The number of anilines is 1. The molecule has 0 unspecified atom stereocenters. The molecule has 4 nitrogen and oxygen atoms in total. The number of carbonyl (C=O) groups excluding carboxylic acids is 1. The van der Waals surface area contributed by atoms with Crippen molar-refractivity contribution in [1.29, 1.82) is 0 Å². The Balaban J connectivity index is 2.84. The summed E-state index contributed by atoms with van der Waals surface area (Å²) in [5.74, 6) is 0.654. The average Bonchev–Trinajstić information content (AvgIpc) is 2.30. The zero-order valence-electron chi connectivity index (χ0n) is 10.8. The van der Waals surface area contributed by atoms with E-state index in [-0.39, 0.29) is 11.8 Å². The lowest BCUT2D eigenvalue weighted by molar-refractivity contribution is -0.118. The second-order valence-corrected chi connectivity index (χ2v) is 4.44. The molecule has 17 heavy (non-hydrogen) atoms. The number of aryl methyl sites for hydroxylation is 1. The fraction of sp³-hybridized carbons (Fsp3) is 0.462. The Bertz CT molecular complexity index is 402. The Hall–Kier alpha value is -1.55. The molecular formula is C13H20N2O2. The molecule has 0 spiro atoms. The fourth-order valence-electron chi connectivity index (χ4n) is 1.38. The van der Waals surface area contributed by atoms with Crippen LogP contribution in [0.25, 0.3) is 0 Å². The molecule has 0 saturated heterocycles. The number of nitrogens with one attached hydrogen (secondary N) is 1. The van der Waals surface area contributed by atoms with Crippen molar-refractivity contribution in [2.24, 2.45) is 11.7 Å². The van der Waals surface area contributed by atoms with Crippen LogP contribution in [0.1, 0.15) is 19.4 Å². The fourth-order valence-corrected chi connectivity index (χ4v) is 1.38. The molecule has 0 aromatic heterocycles. The van der Waals surface area contributed by atoms with Crippen LogP contribution in [0.3, 0.4) is 0 Å². The second-order valence-electron chi connectivity index (χ2n) is 4.44. The van der Waals surface area contributed by atoms with Gasteiger partial charge in [0, 0.05) is 11.8 Å². The van der Waals surface area contributed by atoms with Gasteiger partial charge in [0.25, 0.3) is 0 Å². The van der Waals surface area contributed by atoms with Crippen molar-refractivity contribution in [3.05, 3.63) is 23.8 Å². The Labute approximate surface area is 102 Å². The molecule has 1 rings (SSSR count). The molecule has 0 radical (unpaired) electrons. The molecule has 0 bridgehead atoms. The lowest BCUT2D eigenvalue weighted by Gasteiger charge is -2.16. The zero-order valence-corrected chi connectivity index (χ0v) is 10.8. The lowest BCUT2D eigenvalue weighted by Crippen LogP contribution is -2.39. The van der Waals surface area contributed by atoms with Gasteiger partial charge in [-0.3, -0.25) is 4.79 Å². The maximum absolute atomic E-state index is 11.8. The number of ether oxygens (including phenoxy) is 1. The van der Waals surface area contributed by atoms with E-state index in [1.54, 1.807) is 13.2 Å². The first-order chi connectivity index (χ1) is 7.95. The summed E-state index contributed by atoms with van der Waals surface area (Å²) in [6.07, 6.45) is 0. The molecule has 94 valence electrons. The van der Waals surface area contributed by atoms with Crippen molar-refractivity contribution in [3.8, 4) is 5.75 Å². The van der Waals surface area contributed by atoms with Gasteiger partial charge in [-0.05, 0) is 24.5 Å². The van der Waals surface area contributed by atoms with Gasteiger partial charge in [0.05, 0.1) is 13.2 Å². The Morgan fingerprint density at radius 2 is 2.06 bits per heavy atom. The van der Waals surface area contributed by atoms with Gasteiger partial charge in [-0.15, -0.1) is 0 Å². The predicted octanol–water partition coefficient (Wildman–Crippen LogP) is 1.93. The zero-order chi connectivity index (χ0) is 13.0. The van der Waals surface area contributed by atoms with Crippen molar-refractivity contribution in [2.45, 2.75) is 26.8 Å². The third-order valence-corrected chi connectivity index (χ3v) is 2.72. The van der Waals surface area contributed by atoms with E-state index in [1.165, 1.54) is 0 Å². The molecule has 4 heteroatoms. The van der Waals surface area contributed by atoms with Crippen LogP contribution in [-0.2, 0) is 4.79 Å². The minimum Gasteiger partial charge on any atom is -0.497 e. The number of hydrogen-bond acceptors (Lipinski definition) is 3. The smallest absolute Gasteiger partial charge is 0.241 e. The number of nitrogens with two attached hydrogens (primary N) is 1. The summed E-state index contributed by atoms with van der Waals surface area (Å²) < 4.78 is 5.12. The van der Waals surface area contributed by atoms with E-state index >= 15 is 0 Å². The average molecular weight is 236 g/mol. The van der Waals surface area contributed by atoms with Crippen molar-refractivity contribution in [1.82, 2.24) is 0 Å². The first-order valence-corrected chi connectivity index (χ1v) is 5.66. The summed E-state index contributed by atoms with van der Waals surface area (Å²) in [5.41, 5.74) is 7.51. The van der Waals surface area contributed by atoms with Crippen LogP contribution in [0.2, 0.25) is 0 Å². The van der Waals surface area contributed by atoms with E-state index in [1.807, 2.05) is 32.9 Å². The van der Waals surface area contributed by atoms with E-state index in [2.05, 4.69) is 5.32 Å². The SMILES string of the molecule is COc1ccc(C)c(NC(=O)[C@@H](N)C(C)C)c1. The first-order valence-electron chi connectivity index (χ1n) is 5.66. The maximum atomic E-state index is 11.8. The number of rotatable bonds is 4. The van der Waals surface area contributed by atoms with E-state index in [9.17, 15) is 4.79 Å². The number of methoxy groups -OCH3 is 1. The summed E-state index contributed by atoms with van der Waals surface area (Å²) >= 11 is 0. The summed E-state index contributed by atoms with van der Waals surface area (Å²) in [6.45, 7) is 5.77. The van der Waals surface area contributed by atoms with Crippen LogP contribution in [-0.4, -0.2) is 19.1 Å². The minimum absolute atomic E-state index is 0.112. The molecular weight excluding hydrogens is 216 g/mol. The van der Waals surface area contributed by atoms with Gasteiger partial charge >= 0.3 is 0 Å². The summed E-state index contributed by atoms with van der Waals surface area (Å²) in [4.78, 5) is 11.8. The number of amides is 1. The van der Waals surface area contributed by atoms with Crippen LogP contribution >= 0.6 is 0 Å². The normalized spacial score (nSPS) is 12.4. The third-order valence-electron chi connectivity index (χ3n) is 2.72. The molecule has 3 N–H and O–H groups in total. The Kier molecular flexibility index (Phi) is 4.52. The van der Waals surface area contributed by atoms with Crippen molar-refractivity contribution in [2.75, 3.05) is 12.4 Å². The maximum Gasteiger partial charge on any atom is 0.241 e. The molecule has 0 aliphatic heterocycles. The topological polar surface area (TPSA) is 64.3 Å². The van der Waals surface area contributed by atoms with Gasteiger partial charge in [0.15, 0.2) is 0 Å². The van der Waals surface area contributed by atoms with Gasteiger partial charge in [-0.2, -0.15) is 0 Å². The van der Waals surface area contributed by atoms with E-state index in [0.717, 1.165) is 11.3 Å². The van der Waals surface area contributed by atoms with Crippen molar-refractivity contribution < 1.29 is 9.53 Å². The standard InChI is InChI=1S/C13H20N2O2/c1-8(2)12(14)13(16)15-11-7-10(17-4)6-5-9(11)3/h5-8,12H,14H2,1-4H3,(H,15,16)/t12-/m0/s1. The molecule has 1 aromatic rings. The highest BCUT2D eigenvalue weighted by Crippen LogP contribution is 2.22. The van der Waals surface area contributed by atoms with Crippen LogP contribution in [0, 0.1) is 12.8 Å². The number of benzene rings is 1. The molecule has 0 saturated carbocycles. The highest BCUT2D eigenvalue weighted by atomic mass is 16.5. The van der Waals surface area contributed by atoms with E-state index in [4.69, 9.17) is 10.5 Å². The van der Waals surface area contributed by atoms with E-state index < -0.39 is 6.04 Å². The minimum atomic E-state index is -0.499. The molecule has 0 heterocycles. The quantitative estimate of drug-likeness (QED) is 0.839. The second kappa shape index (κ2) is 5.68. The van der Waals surface area contributed by atoms with Crippen LogP contribution in [0.5, 0.6) is 5.75 Å². The first kappa shape index (κ1) is 13.5. The number of carbonyl (C=O) groups is 1. The van der Waals surface area contributed by atoms with Crippen molar-refractivity contribution >= 4 is 11.6 Å². The summed E-state index contributed by atoms with van der Waals surface area (Å²) in [6, 6.07) is 5.05. The summed E-state index contributed by atoms with van der Waals surface area (Å²) in [5, 5.41) is 2.82. The molecule has 0 aliphatic carbocycles.